The molecule has 1 N–H and O–H groups in total. The van der Waals surface area contributed by atoms with Gasteiger partial charge in [0.2, 0.25) is 0 Å². The van der Waals surface area contributed by atoms with Crippen molar-refractivity contribution < 1.29 is 22.3 Å². The van der Waals surface area contributed by atoms with Crippen molar-refractivity contribution in [2.75, 3.05) is 44.2 Å². The average molecular weight is 542 g/mol. The molecule has 8 nitrogen and oxygen atoms in total. The van der Waals surface area contributed by atoms with Gasteiger partial charge in [0.05, 0.1) is 23.4 Å². The minimum absolute atomic E-state index is 0.0906. The Morgan fingerprint density at radius 3 is 2.90 bits per heavy atom. The van der Waals surface area contributed by atoms with Crippen LogP contribution in [-0.2, 0) is 0 Å². The van der Waals surface area contributed by atoms with Crippen molar-refractivity contribution in [1.29, 1.82) is 5.26 Å². The third kappa shape index (κ3) is 4.74. The number of ether oxygens (including phenoxy) is 1. The fraction of sp³-hybridized carbons (Fsp3) is 0.481. The van der Waals surface area contributed by atoms with Crippen LogP contribution in [0.25, 0.3) is 22.2 Å². The minimum Gasteiger partial charge on any atom is -0.461 e. The molecule has 1 aromatic carbocycles. The molecule has 0 aliphatic carbocycles. The number of nitriles is 1. The van der Waals surface area contributed by atoms with Gasteiger partial charge < -0.3 is 15.0 Å². The summed E-state index contributed by atoms with van der Waals surface area (Å²) < 4.78 is 64.7. The van der Waals surface area contributed by atoms with Gasteiger partial charge in [0.25, 0.3) is 0 Å². The second-order valence-electron chi connectivity index (χ2n) is 10.5. The molecule has 3 aliphatic heterocycles. The standard InChI is InChI=1S/C27H27F4N7O/c28-16-2-3-21(30)19(10-16)23-22(31)24-20(12-34-23)25(37-9-7-33-18(14-37)4-6-32)36-26(35-24)39-15-27-5-1-8-38(27)13-17(29)11-27/h2-3,10,12,17-18,33H,1,4-5,7-9,11,13-15H2/t17-,18+,27+/m1/s1. The Hall–Kier alpha value is -3.56. The van der Waals surface area contributed by atoms with E-state index in [4.69, 9.17) is 4.74 Å². The van der Waals surface area contributed by atoms with E-state index in [-0.39, 0.29) is 47.2 Å². The monoisotopic (exact) mass is 541 g/mol. The van der Waals surface area contributed by atoms with Gasteiger partial charge in [-0.15, -0.1) is 0 Å². The predicted molar refractivity (Wildman–Crippen MR) is 135 cm³/mol. The molecular formula is C27H27F4N7O. The molecule has 12 heteroatoms. The van der Waals surface area contributed by atoms with E-state index in [1.54, 1.807) is 0 Å². The van der Waals surface area contributed by atoms with Gasteiger partial charge in [0.15, 0.2) is 5.82 Å². The van der Waals surface area contributed by atoms with E-state index in [1.807, 2.05) is 4.90 Å². The lowest BCUT2D eigenvalue weighted by atomic mass is 9.95. The summed E-state index contributed by atoms with van der Waals surface area (Å²) in [6.45, 7) is 2.83. The first-order valence-electron chi connectivity index (χ1n) is 13.1. The number of fused-ring (bicyclic) bond motifs is 2. The Morgan fingerprint density at radius 2 is 2.05 bits per heavy atom. The van der Waals surface area contributed by atoms with Gasteiger partial charge in [-0.3, -0.25) is 9.88 Å². The highest BCUT2D eigenvalue weighted by molar-refractivity contribution is 5.92. The van der Waals surface area contributed by atoms with Crippen molar-refractivity contribution in [3.05, 3.63) is 41.8 Å². The molecule has 0 saturated carbocycles. The maximum atomic E-state index is 16.0. The lowest BCUT2D eigenvalue weighted by Crippen LogP contribution is -2.51. The quantitative estimate of drug-likeness (QED) is 0.472. The van der Waals surface area contributed by atoms with Crippen molar-refractivity contribution in [3.8, 4) is 23.3 Å². The normalized spacial score (nSPS) is 25.2. The number of alkyl halides is 1. The molecule has 0 bridgehead atoms. The van der Waals surface area contributed by atoms with Crippen LogP contribution in [0, 0.1) is 28.8 Å². The van der Waals surface area contributed by atoms with Crippen molar-refractivity contribution in [1.82, 2.24) is 25.2 Å². The molecule has 3 atom stereocenters. The van der Waals surface area contributed by atoms with Crippen molar-refractivity contribution in [2.24, 2.45) is 0 Å². The fourth-order valence-corrected chi connectivity index (χ4v) is 6.11. The maximum absolute atomic E-state index is 16.0. The van der Waals surface area contributed by atoms with E-state index in [2.05, 4.69) is 31.2 Å². The van der Waals surface area contributed by atoms with Gasteiger partial charge in [0.1, 0.15) is 41.4 Å². The second-order valence-corrected chi connectivity index (χ2v) is 10.5. The number of nitrogens with zero attached hydrogens (tertiary/aromatic N) is 6. The molecule has 6 rings (SSSR count). The van der Waals surface area contributed by atoms with Crippen LogP contribution in [0.4, 0.5) is 23.4 Å². The SMILES string of the molecule is N#CC[C@H]1CN(c2nc(OC[C@@]34CCCN3C[C@H](F)C4)nc3c(F)c(-c4cc(F)ccc4F)ncc23)CCN1. The molecule has 3 aromatic rings. The van der Waals surface area contributed by atoms with Gasteiger partial charge in [-0.25, -0.2) is 17.6 Å². The van der Waals surface area contributed by atoms with Crippen LogP contribution in [0.5, 0.6) is 6.01 Å². The van der Waals surface area contributed by atoms with Crippen LogP contribution in [-0.4, -0.2) is 76.9 Å². The Bertz CT molecular complexity index is 1450. The highest BCUT2D eigenvalue weighted by atomic mass is 19.1. The number of benzene rings is 1. The topological polar surface area (TPSA) is 90.2 Å². The summed E-state index contributed by atoms with van der Waals surface area (Å²) in [5.74, 6) is -2.11. The van der Waals surface area contributed by atoms with E-state index in [0.29, 0.717) is 38.4 Å². The Morgan fingerprint density at radius 1 is 1.18 bits per heavy atom. The smallest absolute Gasteiger partial charge is 0.319 e. The minimum atomic E-state index is -0.938. The third-order valence-corrected chi connectivity index (χ3v) is 7.95. The number of aromatic nitrogens is 3. The van der Waals surface area contributed by atoms with Crippen molar-refractivity contribution >= 4 is 16.7 Å². The molecule has 3 saturated heterocycles. The number of halogens is 4. The van der Waals surface area contributed by atoms with Crippen molar-refractivity contribution in [2.45, 2.75) is 43.4 Å². The molecule has 0 unspecified atom stereocenters. The molecule has 204 valence electrons. The highest BCUT2D eigenvalue weighted by Crippen LogP contribution is 2.41. The zero-order valence-electron chi connectivity index (χ0n) is 21.1. The molecule has 0 radical (unpaired) electrons. The van der Waals surface area contributed by atoms with Gasteiger partial charge in [-0.2, -0.15) is 15.2 Å². The van der Waals surface area contributed by atoms with Gasteiger partial charge in [0, 0.05) is 50.4 Å². The molecule has 0 amide bonds. The van der Waals surface area contributed by atoms with E-state index < -0.39 is 29.2 Å². The number of piperazine rings is 1. The van der Waals surface area contributed by atoms with Crippen LogP contribution in [0.2, 0.25) is 0 Å². The first-order chi connectivity index (χ1) is 18.9. The summed E-state index contributed by atoms with van der Waals surface area (Å²) in [5.41, 5.74) is -1.31. The Balaban J connectivity index is 1.42. The van der Waals surface area contributed by atoms with Crippen LogP contribution in [0.1, 0.15) is 25.7 Å². The summed E-state index contributed by atoms with van der Waals surface area (Å²) in [6, 6.07) is 4.69. The first kappa shape index (κ1) is 25.7. The zero-order valence-corrected chi connectivity index (χ0v) is 21.1. The number of rotatable bonds is 6. The molecular weight excluding hydrogens is 514 g/mol. The summed E-state index contributed by atoms with van der Waals surface area (Å²) in [4.78, 5) is 17.1. The highest BCUT2D eigenvalue weighted by Gasteiger charge is 2.49. The van der Waals surface area contributed by atoms with E-state index in [9.17, 15) is 18.4 Å². The molecule has 39 heavy (non-hydrogen) atoms. The van der Waals surface area contributed by atoms with Gasteiger partial charge in [-0.05, 0) is 37.6 Å². The first-order valence-corrected chi connectivity index (χ1v) is 13.1. The lowest BCUT2D eigenvalue weighted by Gasteiger charge is -2.34. The summed E-state index contributed by atoms with van der Waals surface area (Å²) in [7, 11) is 0. The third-order valence-electron chi connectivity index (χ3n) is 7.95. The predicted octanol–water partition coefficient (Wildman–Crippen LogP) is 3.76. The number of anilines is 1. The van der Waals surface area contributed by atoms with E-state index >= 15 is 4.39 Å². The summed E-state index contributed by atoms with van der Waals surface area (Å²) in [6.07, 6.45) is 2.75. The molecule has 2 aromatic heterocycles. The maximum Gasteiger partial charge on any atom is 0.319 e. The number of pyridine rings is 1. The molecule has 3 fully saturated rings. The van der Waals surface area contributed by atoms with Crippen LogP contribution in [0.3, 0.4) is 0 Å². The summed E-state index contributed by atoms with van der Waals surface area (Å²) in [5, 5.41) is 12.7. The number of nitrogens with one attached hydrogen (secondary N) is 1. The Labute approximate surface area is 222 Å². The van der Waals surface area contributed by atoms with Gasteiger partial charge >= 0.3 is 6.01 Å². The van der Waals surface area contributed by atoms with Gasteiger partial charge in [-0.1, -0.05) is 0 Å². The molecule has 5 heterocycles. The Kier molecular flexibility index (Phi) is 6.72. The van der Waals surface area contributed by atoms with E-state index in [0.717, 1.165) is 37.6 Å². The molecule has 3 aliphatic rings. The molecule has 0 spiro atoms. The summed E-state index contributed by atoms with van der Waals surface area (Å²) >= 11 is 0. The lowest BCUT2D eigenvalue weighted by molar-refractivity contribution is 0.107. The fourth-order valence-electron chi connectivity index (χ4n) is 6.11. The van der Waals surface area contributed by atoms with Crippen LogP contribution < -0.4 is 15.0 Å². The van der Waals surface area contributed by atoms with Crippen LogP contribution in [0.15, 0.2) is 24.4 Å². The number of hydrogen-bond donors (Lipinski definition) is 1. The zero-order chi connectivity index (χ0) is 27.1. The second kappa shape index (κ2) is 10.2. The largest absolute Gasteiger partial charge is 0.461 e. The van der Waals surface area contributed by atoms with E-state index in [1.165, 1.54) is 6.20 Å². The van der Waals surface area contributed by atoms with Crippen LogP contribution >= 0.6 is 0 Å². The average Bonchev–Trinajstić information content (AvgIpc) is 3.45. The number of hydrogen-bond acceptors (Lipinski definition) is 8. The van der Waals surface area contributed by atoms with Crippen molar-refractivity contribution in [3.63, 3.8) is 0 Å².